The molecule has 4 heteroatoms. The van der Waals surface area contributed by atoms with Gasteiger partial charge in [-0.25, -0.2) is 10.4 Å². The lowest BCUT2D eigenvalue weighted by atomic mass is 10.2. The molecule has 0 aromatic carbocycles. The van der Waals surface area contributed by atoms with Gasteiger partial charge in [-0.1, -0.05) is 0 Å². The van der Waals surface area contributed by atoms with Gasteiger partial charge in [-0.2, -0.15) is 0 Å². The number of hydrogen-bond donors (Lipinski definition) is 3. The maximum absolute atomic E-state index is 3.46. The Bertz CT molecular complexity index is 149. The number of nitrogens with one attached hydrogen (secondary N) is 3. The maximum Gasteiger partial charge on any atom is 0.0898 e. The Morgan fingerprint density at radius 3 is 2.91 bits per heavy atom. The zero-order chi connectivity index (χ0) is 7.84. The van der Waals surface area contributed by atoms with Crippen molar-refractivity contribution in [3.63, 3.8) is 0 Å². The zero-order valence-electron chi connectivity index (χ0n) is 7.09. The molecular weight excluding hydrogens is 140 g/mol. The highest BCUT2D eigenvalue weighted by Crippen LogP contribution is 2.09. The lowest BCUT2D eigenvalue weighted by molar-refractivity contribution is 0.114. The quantitative estimate of drug-likeness (QED) is 0.423. The fraction of sp³-hybridized carbons (Fsp3) is 1.00. The Morgan fingerprint density at radius 1 is 1.36 bits per heavy atom. The Morgan fingerprint density at radius 2 is 2.18 bits per heavy atom. The summed E-state index contributed by atoms with van der Waals surface area (Å²) in [5, 5.41) is 9.17. The van der Waals surface area contributed by atoms with Crippen LogP contribution in [0.2, 0.25) is 0 Å². The summed E-state index contributed by atoms with van der Waals surface area (Å²) in [6.07, 6.45) is 0.890. The van der Waals surface area contributed by atoms with E-state index in [1.165, 1.54) is 0 Å². The Kier molecular flexibility index (Phi) is 1.85. The first-order valence-corrected chi connectivity index (χ1v) is 4.29. The van der Waals surface area contributed by atoms with Gasteiger partial charge < -0.3 is 5.32 Å². The summed E-state index contributed by atoms with van der Waals surface area (Å²) in [5.41, 5.74) is 3.37. The summed E-state index contributed by atoms with van der Waals surface area (Å²) in [4.78, 5) is 0. The van der Waals surface area contributed by atoms with Gasteiger partial charge in [-0.3, -0.25) is 5.32 Å². The van der Waals surface area contributed by atoms with Gasteiger partial charge in [-0.15, -0.1) is 0 Å². The molecule has 0 aromatic heterocycles. The number of hydrogen-bond acceptors (Lipinski definition) is 4. The molecule has 0 aliphatic carbocycles. The Labute approximate surface area is 67.3 Å². The molecule has 2 rings (SSSR count). The molecule has 2 aliphatic rings. The third-order valence-corrected chi connectivity index (χ3v) is 2.41. The van der Waals surface area contributed by atoms with Gasteiger partial charge in [0.1, 0.15) is 0 Å². The molecule has 2 aliphatic heterocycles. The summed E-state index contributed by atoms with van der Waals surface area (Å²) in [6, 6.07) is 0.543. The van der Waals surface area contributed by atoms with Crippen LogP contribution in [0, 0.1) is 0 Å². The SMILES string of the molecule is CC1NCCN2N[C@H](C)NC12. The second kappa shape index (κ2) is 2.71. The third kappa shape index (κ3) is 1.27. The van der Waals surface area contributed by atoms with Crippen LogP contribution in [0.5, 0.6) is 0 Å². The van der Waals surface area contributed by atoms with E-state index in [9.17, 15) is 0 Å². The molecule has 0 saturated carbocycles. The maximum atomic E-state index is 3.46. The van der Waals surface area contributed by atoms with Crippen LogP contribution in [0.3, 0.4) is 0 Å². The van der Waals surface area contributed by atoms with Crippen molar-refractivity contribution in [2.24, 2.45) is 0 Å². The van der Waals surface area contributed by atoms with Crippen LogP contribution in [0.1, 0.15) is 13.8 Å². The van der Waals surface area contributed by atoms with Crippen molar-refractivity contribution in [1.29, 1.82) is 0 Å². The van der Waals surface area contributed by atoms with Crippen LogP contribution in [0.4, 0.5) is 0 Å². The molecule has 0 amide bonds. The van der Waals surface area contributed by atoms with Crippen LogP contribution in [0.25, 0.3) is 0 Å². The van der Waals surface area contributed by atoms with Crippen LogP contribution < -0.4 is 16.1 Å². The predicted octanol–water partition coefficient (Wildman–Crippen LogP) is -0.940. The molecule has 2 heterocycles. The first kappa shape index (κ1) is 7.49. The highest BCUT2D eigenvalue weighted by Gasteiger charge is 2.34. The fourth-order valence-electron chi connectivity index (χ4n) is 1.85. The molecule has 2 saturated heterocycles. The molecular formula is C7H16N4. The largest absolute Gasteiger partial charge is 0.310 e. The average molecular weight is 156 g/mol. The molecule has 2 unspecified atom stereocenters. The molecule has 0 radical (unpaired) electrons. The third-order valence-electron chi connectivity index (χ3n) is 2.41. The van der Waals surface area contributed by atoms with E-state index in [1.54, 1.807) is 0 Å². The number of fused-ring (bicyclic) bond motifs is 1. The van der Waals surface area contributed by atoms with Gasteiger partial charge in [0.2, 0.25) is 0 Å². The van der Waals surface area contributed by atoms with E-state index in [0.29, 0.717) is 18.4 Å². The van der Waals surface area contributed by atoms with Gasteiger partial charge in [-0.05, 0) is 13.8 Å². The van der Waals surface area contributed by atoms with E-state index < -0.39 is 0 Å². The lowest BCUT2D eigenvalue weighted by Crippen LogP contribution is -2.59. The van der Waals surface area contributed by atoms with E-state index in [-0.39, 0.29) is 0 Å². The van der Waals surface area contributed by atoms with Crippen molar-refractivity contribution in [2.75, 3.05) is 13.1 Å². The van der Waals surface area contributed by atoms with Crippen LogP contribution >= 0.6 is 0 Å². The fourth-order valence-corrected chi connectivity index (χ4v) is 1.85. The normalized spacial score (nSPS) is 45.8. The number of piperazine rings is 1. The van der Waals surface area contributed by atoms with Gasteiger partial charge in [0.15, 0.2) is 0 Å². The molecule has 0 aromatic rings. The van der Waals surface area contributed by atoms with Crippen molar-refractivity contribution in [3.05, 3.63) is 0 Å². The highest BCUT2D eigenvalue weighted by atomic mass is 15.7. The molecule has 3 N–H and O–H groups in total. The Hall–Kier alpha value is -0.160. The van der Waals surface area contributed by atoms with Crippen molar-refractivity contribution >= 4 is 0 Å². The minimum atomic E-state index is 0.419. The number of hydrazine groups is 1. The number of rotatable bonds is 0. The number of nitrogens with zero attached hydrogens (tertiary/aromatic N) is 1. The first-order valence-electron chi connectivity index (χ1n) is 4.29. The monoisotopic (exact) mass is 156 g/mol. The van der Waals surface area contributed by atoms with E-state index in [2.05, 4.69) is 34.9 Å². The van der Waals surface area contributed by atoms with Gasteiger partial charge in [0.25, 0.3) is 0 Å². The van der Waals surface area contributed by atoms with Gasteiger partial charge in [0.05, 0.1) is 12.3 Å². The van der Waals surface area contributed by atoms with Crippen LogP contribution in [-0.2, 0) is 0 Å². The molecule has 2 fully saturated rings. The topological polar surface area (TPSA) is 39.3 Å². The van der Waals surface area contributed by atoms with E-state index in [0.717, 1.165) is 13.1 Å². The zero-order valence-corrected chi connectivity index (χ0v) is 7.09. The first-order chi connectivity index (χ1) is 5.27. The predicted molar refractivity (Wildman–Crippen MR) is 43.7 cm³/mol. The lowest BCUT2D eigenvalue weighted by Gasteiger charge is -2.34. The van der Waals surface area contributed by atoms with Gasteiger partial charge >= 0.3 is 0 Å². The minimum absolute atomic E-state index is 0.419. The van der Waals surface area contributed by atoms with Crippen molar-refractivity contribution < 1.29 is 0 Å². The van der Waals surface area contributed by atoms with E-state index in [4.69, 9.17) is 0 Å². The van der Waals surface area contributed by atoms with E-state index in [1.807, 2.05) is 0 Å². The van der Waals surface area contributed by atoms with Gasteiger partial charge in [0, 0.05) is 19.1 Å². The summed E-state index contributed by atoms with van der Waals surface area (Å²) in [5.74, 6) is 0. The highest BCUT2D eigenvalue weighted by molar-refractivity contribution is 4.88. The molecule has 64 valence electrons. The molecule has 0 bridgehead atoms. The molecule has 11 heavy (non-hydrogen) atoms. The van der Waals surface area contributed by atoms with Crippen molar-refractivity contribution in [1.82, 2.24) is 21.1 Å². The summed E-state index contributed by atoms with van der Waals surface area (Å²) >= 11 is 0. The standard InChI is InChI=1S/C7H16N4/c1-5-7-9-6(2)10-11(7)4-3-8-5/h5-10H,3-4H2,1-2H3/t5?,6-,7?/m1/s1. The summed E-state index contributed by atoms with van der Waals surface area (Å²) in [6.45, 7) is 6.53. The second-order valence-corrected chi connectivity index (χ2v) is 3.40. The van der Waals surface area contributed by atoms with Crippen LogP contribution in [0.15, 0.2) is 0 Å². The molecule has 3 atom stereocenters. The van der Waals surface area contributed by atoms with Crippen LogP contribution in [-0.4, -0.2) is 36.5 Å². The second-order valence-electron chi connectivity index (χ2n) is 3.40. The smallest absolute Gasteiger partial charge is 0.0898 e. The van der Waals surface area contributed by atoms with E-state index >= 15 is 0 Å². The molecule has 4 nitrogen and oxygen atoms in total. The summed E-state index contributed by atoms with van der Waals surface area (Å²) < 4.78 is 0. The Balaban J connectivity index is 2.03. The average Bonchev–Trinajstić information content (AvgIpc) is 2.31. The molecule has 0 spiro atoms. The minimum Gasteiger partial charge on any atom is -0.310 e. The van der Waals surface area contributed by atoms with Crippen molar-refractivity contribution in [3.8, 4) is 0 Å². The van der Waals surface area contributed by atoms with Crippen molar-refractivity contribution in [2.45, 2.75) is 32.2 Å². The summed E-state index contributed by atoms with van der Waals surface area (Å²) in [7, 11) is 0.